The molecule has 1 aromatic carbocycles. The minimum Gasteiger partial charge on any atom is -0.356 e. The Morgan fingerprint density at radius 1 is 1.17 bits per heavy atom. The zero-order valence-electron chi connectivity index (χ0n) is 18.1. The van der Waals surface area contributed by atoms with Gasteiger partial charge in [0.15, 0.2) is 5.82 Å². The monoisotopic (exact) mass is 395 g/mol. The quantitative estimate of drug-likeness (QED) is 0.777. The Hall–Kier alpha value is -2.47. The molecule has 1 aliphatic rings. The number of hydrogen-bond acceptors (Lipinski definition) is 5. The second kappa shape index (κ2) is 9.83. The van der Waals surface area contributed by atoms with Crippen molar-refractivity contribution in [1.82, 2.24) is 20.2 Å². The van der Waals surface area contributed by atoms with E-state index in [1.807, 2.05) is 31.1 Å². The number of rotatable bonds is 7. The van der Waals surface area contributed by atoms with Crippen LogP contribution in [-0.4, -0.2) is 61.0 Å². The molecule has 0 radical (unpaired) electrons. The van der Waals surface area contributed by atoms with Crippen molar-refractivity contribution in [3.8, 4) is 11.4 Å². The van der Waals surface area contributed by atoms with Gasteiger partial charge in [-0.2, -0.15) is 0 Å². The lowest BCUT2D eigenvalue weighted by molar-refractivity contribution is 0.0950. The molecule has 0 spiro atoms. The maximum Gasteiger partial charge on any atom is 0.256 e. The predicted octanol–water partition coefficient (Wildman–Crippen LogP) is 3.51. The normalized spacial score (nSPS) is 14.8. The van der Waals surface area contributed by atoms with E-state index in [2.05, 4.69) is 41.3 Å². The molecule has 0 aliphatic heterocycles. The average Bonchev–Trinajstić information content (AvgIpc) is 2.73. The van der Waals surface area contributed by atoms with Crippen molar-refractivity contribution in [3.63, 3.8) is 0 Å². The van der Waals surface area contributed by atoms with E-state index >= 15 is 0 Å². The van der Waals surface area contributed by atoms with Crippen LogP contribution in [0.25, 0.3) is 11.4 Å². The zero-order valence-corrected chi connectivity index (χ0v) is 18.1. The van der Waals surface area contributed by atoms with Gasteiger partial charge in [0.2, 0.25) is 0 Å². The molecule has 6 heteroatoms. The number of hydrogen-bond donors (Lipinski definition) is 1. The van der Waals surface area contributed by atoms with E-state index in [9.17, 15) is 4.79 Å². The molecule has 2 aromatic rings. The Morgan fingerprint density at radius 2 is 1.93 bits per heavy atom. The molecule has 0 saturated heterocycles. The molecule has 0 atom stereocenters. The standard InChI is InChI=1S/C23H33N5O/c1-17-9-8-10-18(15-17)21-25-16-20(23(29)24-13-14-27(2)3)22(26-21)28(4)19-11-6-5-7-12-19/h8-10,15-16,19H,5-7,11-14H2,1-4H3,(H,24,29). The SMILES string of the molecule is Cc1cccc(-c2ncc(C(=O)NCCN(C)C)c(N(C)C3CCCCC3)n2)c1. The summed E-state index contributed by atoms with van der Waals surface area (Å²) in [4.78, 5) is 26.5. The Bertz CT molecular complexity index is 830. The molecule has 1 saturated carbocycles. The molecule has 156 valence electrons. The van der Waals surface area contributed by atoms with Gasteiger partial charge in [-0.05, 0) is 39.9 Å². The third-order valence-electron chi connectivity index (χ3n) is 5.59. The van der Waals surface area contributed by atoms with Crippen molar-refractivity contribution >= 4 is 11.7 Å². The topological polar surface area (TPSA) is 61.4 Å². The number of likely N-dealkylation sites (N-methyl/N-ethyl adjacent to an activating group) is 1. The molecule has 1 fully saturated rings. The number of carbonyl (C=O) groups is 1. The highest BCUT2D eigenvalue weighted by molar-refractivity contribution is 5.99. The largest absolute Gasteiger partial charge is 0.356 e. The van der Waals surface area contributed by atoms with Gasteiger partial charge in [0.05, 0.1) is 0 Å². The van der Waals surface area contributed by atoms with Crippen LogP contribution in [0, 0.1) is 6.92 Å². The first-order valence-corrected chi connectivity index (χ1v) is 10.6. The minimum absolute atomic E-state index is 0.111. The number of aromatic nitrogens is 2. The Morgan fingerprint density at radius 3 is 2.62 bits per heavy atom. The summed E-state index contributed by atoms with van der Waals surface area (Å²) in [7, 11) is 6.05. The third kappa shape index (κ3) is 5.54. The van der Waals surface area contributed by atoms with Gasteiger partial charge in [0, 0.05) is 37.9 Å². The van der Waals surface area contributed by atoms with Crippen molar-refractivity contribution < 1.29 is 4.79 Å². The van der Waals surface area contributed by atoms with E-state index in [1.165, 1.54) is 24.8 Å². The summed E-state index contributed by atoms with van der Waals surface area (Å²) in [6, 6.07) is 8.59. The van der Waals surface area contributed by atoms with E-state index in [0.29, 0.717) is 24.0 Å². The Kier molecular flexibility index (Phi) is 7.20. The first-order chi connectivity index (χ1) is 14.0. The van der Waals surface area contributed by atoms with Crippen molar-refractivity contribution in [2.45, 2.75) is 45.1 Å². The van der Waals surface area contributed by atoms with E-state index in [-0.39, 0.29) is 5.91 Å². The van der Waals surface area contributed by atoms with Gasteiger partial charge in [-0.15, -0.1) is 0 Å². The molecule has 0 bridgehead atoms. The van der Waals surface area contributed by atoms with Crippen LogP contribution in [0.15, 0.2) is 30.5 Å². The van der Waals surface area contributed by atoms with Crippen LogP contribution in [0.1, 0.15) is 48.0 Å². The predicted molar refractivity (Wildman–Crippen MR) is 118 cm³/mol. The van der Waals surface area contributed by atoms with Crippen molar-refractivity contribution in [2.24, 2.45) is 0 Å². The van der Waals surface area contributed by atoms with Gasteiger partial charge in [0.25, 0.3) is 5.91 Å². The lowest BCUT2D eigenvalue weighted by Crippen LogP contribution is -2.37. The third-order valence-corrected chi connectivity index (χ3v) is 5.59. The van der Waals surface area contributed by atoms with Crippen LogP contribution in [0.2, 0.25) is 0 Å². The lowest BCUT2D eigenvalue weighted by atomic mass is 9.94. The van der Waals surface area contributed by atoms with Crippen molar-refractivity contribution in [1.29, 1.82) is 0 Å². The van der Waals surface area contributed by atoms with E-state index in [4.69, 9.17) is 4.98 Å². The molecular weight excluding hydrogens is 362 g/mol. The maximum atomic E-state index is 12.9. The van der Waals surface area contributed by atoms with Gasteiger partial charge < -0.3 is 15.1 Å². The van der Waals surface area contributed by atoms with Crippen molar-refractivity contribution in [2.75, 3.05) is 39.1 Å². The summed E-state index contributed by atoms with van der Waals surface area (Å²) in [5.74, 6) is 1.28. The van der Waals surface area contributed by atoms with Crippen LogP contribution >= 0.6 is 0 Å². The number of nitrogens with zero attached hydrogens (tertiary/aromatic N) is 4. The molecule has 0 unspecified atom stereocenters. The summed E-state index contributed by atoms with van der Waals surface area (Å²) in [5.41, 5.74) is 2.69. The zero-order chi connectivity index (χ0) is 20.8. The summed E-state index contributed by atoms with van der Waals surface area (Å²) >= 11 is 0. The molecule has 1 N–H and O–H groups in total. The molecule has 29 heavy (non-hydrogen) atoms. The molecule has 1 aromatic heterocycles. The molecular formula is C23H33N5O. The van der Waals surface area contributed by atoms with Gasteiger partial charge in [-0.3, -0.25) is 4.79 Å². The smallest absolute Gasteiger partial charge is 0.256 e. The maximum absolute atomic E-state index is 12.9. The molecule has 1 aliphatic carbocycles. The van der Waals surface area contributed by atoms with Gasteiger partial charge >= 0.3 is 0 Å². The van der Waals surface area contributed by atoms with Crippen LogP contribution in [0.3, 0.4) is 0 Å². The first-order valence-electron chi connectivity index (χ1n) is 10.6. The van der Waals surface area contributed by atoms with Gasteiger partial charge in [0.1, 0.15) is 11.4 Å². The van der Waals surface area contributed by atoms with Gasteiger partial charge in [-0.1, -0.05) is 43.0 Å². The summed E-state index contributed by atoms with van der Waals surface area (Å²) < 4.78 is 0. The van der Waals surface area contributed by atoms with Crippen LogP contribution in [0.5, 0.6) is 0 Å². The van der Waals surface area contributed by atoms with Crippen LogP contribution in [-0.2, 0) is 0 Å². The minimum atomic E-state index is -0.111. The number of aryl methyl sites for hydroxylation is 1. The van der Waals surface area contributed by atoms with Crippen LogP contribution in [0.4, 0.5) is 5.82 Å². The van der Waals surface area contributed by atoms with E-state index in [1.54, 1.807) is 6.20 Å². The summed E-state index contributed by atoms with van der Waals surface area (Å²) in [6.45, 7) is 3.45. The number of carbonyl (C=O) groups excluding carboxylic acids is 1. The average molecular weight is 396 g/mol. The number of anilines is 1. The van der Waals surface area contributed by atoms with Crippen LogP contribution < -0.4 is 10.2 Å². The first kappa shape index (κ1) is 21.2. The number of benzene rings is 1. The highest BCUT2D eigenvalue weighted by atomic mass is 16.1. The second-order valence-electron chi connectivity index (χ2n) is 8.26. The molecule has 3 rings (SSSR count). The van der Waals surface area contributed by atoms with Crippen molar-refractivity contribution in [3.05, 3.63) is 41.6 Å². The fraction of sp³-hybridized carbons (Fsp3) is 0.522. The number of nitrogens with one attached hydrogen (secondary N) is 1. The molecule has 6 nitrogen and oxygen atoms in total. The van der Waals surface area contributed by atoms with Gasteiger partial charge in [-0.25, -0.2) is 9.97 Å². The summed E-state index contributed by atoms with van der Waals surface area (Å²) in [6.07, 6.45) is 7.72. The highest BCUT2D eigenvalue weighted by Gasteiger charge is 2.24. The fourth-order valence-corrected chi connectivity index (χ4v) is 3.85. The Balaban J connectivity index is 1.92. The van der Waals surface area contributed by atoms with E-state index in [0.717, 1.165) is 30.8 Å². The second-order valence-corrected chi connectivity index (χ2v) is 8.26. The molecule has 1 heterocycles. The Labute approximate surface area is 174 Å². The van der Waals surface area contributed by atoms with E-state index < -0.39 is 0 Å². The number of amides is 1. The molecule has 1 amide bonds. The highest BCUT2D eigenvalue weighted by Crippen LogP contribution is 2.28. The lowest BCUT2D eigenvalue weighted by Gasteiger charge is -2.33. The summed E-state index contributed by atoms with van der Waals surface area (Å²) in [5, 5.41) is 3.01. The fourth-order valence-electron chi connectivity index (χ4n) is 3.85.